The van der Waals surface area contributed by atoms with Crippen LogP contribution in [0.25, 0.3) is 0 Å². The third-order valence-corrected chi connectivity index (χ3v) is 5.05. The van der Waals surface area contributed by atoms with E-state index in [-0.39, 0.29) is 0 Å². The van der Waals surface area contributed by atoms with Crippen LogP contribution in [0.5, 0.6) is 0 Å². The summed E-state index contributed by atoms with van der Waals surface area (Å²) in [6, 6.07) is 6.87. The van der Waals surface area contributed by atoms with Gasteiger partial charge in [-0.3, -0.25) is 4.98 Å². The first-order valence-electron chi connectivity index (χ1n) is 9.39. The molecule has 0 aliphatic carbocycles. The fourth-order valence-electron chi connectivity index (χ4n) is 3.53. The predicted molar refractivity (Wildman–Crippen MR) is 103 cm³/mol. The fraction of sp³-hybridized carbons (Fsp3) is 0.550. The van der Waals surface area contributed by atoms with Gasteiger partial charge >= 0.3 is 0 Å². The predicted octanol–water partition coefficient (Wildman–Crippen LogP) is 3.63. The molecule has 1 unspecified atom stereocenters. The normalized spacial score (nSPS) is 17.6. The van der Waals surface area contributed by atoms with E-state index in [2.05, 4.69) is 58.9 Å². The number of aromatic nitrogens is 3. The number of hydrogen-bond acceptors (Lipinski definition) is 5. The Balaban J connectivity index is 1.74. The molecule has 1 saturated heterocycles. The molecule has 25 heavy (non-hydrogen) atoms. The maximum Gasteiger partial charge on any atom is 0.227 e. The highest BCUT2D eigenvalue weighted by Gasteiger charge is 2.23. The molecule has 5 nitrogen and oxygen atoms in total. The topological polar surface area (TPSA) is 45.2 Å². The van der Waals surface area contributed by atoms with Gasteiger partial charge < -0.3 is 9.80 Å². The van der Waals surface area contributed by atoms with Crippen molar-refractivity contribution in [1.29, 1.82) is 0 Å². The first-order chi connectivity index (χ1) is 12.2. The molecule has 3 rings (SSSR count). The Morgan fingerprint density at radius 1 is 1.20 bits per heavy atom. The number of rotatable bonds is 6. The molecule has 1 aliphatic rings. The minimum Gasteiger partial charge on any atom is -0.353 e. The zero-order chi connectivity index (χ0) is 17.6. The first-order valence-corrected chi connectivity index (χ1v) is 9.39. The van der Waals surface area contributed by atoms with Crippen molar-refractivity contribution in [2.24, 2.45) is 0 Å². The Hall–Kier alpha value is -2.17. The highest BCUT2D eigenvalue weighted by atomic mass is 15.3. The smallest absolute Gasteiger partial charge is 0.227 e. The van der Waals surface area contributed by atoms with Gasteiger partial charge in [-0.1, -0.05) is 6.92 Å². The van der Waals surface area contributed by atoms with Crippen LogP contribution in [0.2, 0.25) is 0 Å². The van der Waals surface area contributed by atoms with Crippen molar-refractivity contribution in [3.63, 3.8) is 0 Å². The van der Waals surface area contributed by atoms with Crippen molar-refractivity contribution in [3.8, 4) is 0 Å². The van der Waals surface area contributed by atoms with Crippen LogP contribution in [0, 0.1) is 6.92 Å². The molecular formula is C20H29N5. The summed E-state index contributed by atoms with van der Waals surface area (Å²) in [5.41, 5.74) is 2.33. The van der Waals surface area contributed by atoms with Crippen LogP contribution in [0.4, 0.5) is 11.8 Å². The molecule has 0 radical (unpaired) electrons. The van der Waals surface area contributed by atoms with Crippen LogP contribution in [0.1, 0.15) is 43.9 Å². The molecule has 1 fully saturated rings. The van der Waals surface area contributed by atoms with E-state index in [1.807, 2.05) is 12.4 Å². The van der Waals surface area contributed by atoms with E-state index in [1.165, 1.54) is 31.2 Å². The largest absolute Gasteiger partial charge is 0.353 e. The molecule has 0 bridgehead atoms. The fourth-order valence-corrected chi connectivity index (χ4v) is 3.53. The molecule has 1 atom stereocenters. The van der Waals surface area contributed by atoms with E-state index in [4.69, 9.17) is 4.98 Å². The average Bonchev–Trinajstić information content (AvgIpc) is 2.66. The first kappa shape index (κ1) is 17.6. The van der Waals surface area contributed by atoms with Gasteiger partial charge in [0.05, 0.1) is 0 Å². The van der Waals surface area contributed by atoms with Crippen LogP contribution in [-0.2, 0) is 6.42 Å². The molecule has 5 heteroatoms. The van der Waals surface area contributed by atoms with Gasteiger partial charge in [-0.15, -0.1) is 0 Å². The van der Waals surface area contributed by atoms with Crippen molar-refractivity contribution in [2.75, 3.05) is 29.9 Å². The zero-order valence-electron chi connectivity index (χ0n) is 15.6. The Kier molecular flexibility index (Phi) is 5.84. The van der Waals surface area contributed by atoms with Crippen LogP contribution in [0.15, 0.2) is 30.6 Å². The molecule has 2 aromatic heterocycles. The van der Waals surface area contributed by atoms with E-state index in [1.54, 1.807) is 0 Å². The quantitative estimate of drug-likeness (QED) is 0.804. The lowest BCUT2D eigenvalue weighted by atomic mass is 10.00. The molecule has 0 saturated carbocycles. The Labute approximate surface area is 151 Å². The summed E-state index contributed by atoms with van der Waals surface area (Å²) < 4.78 is 0. The van der Waals surface area contributed by atoms with E-state index >= 15 is 0 Å². The Morgan fingerprint density at radius 2 is 2.00 bits per heavy atom. The summed E-state index contributed by atoms with van der Waals surface area (Å²) in [7, 11) is 2.08. The SMILES string of the molecule is CCC1CCCCN1c1cc(C)nc(N(C)CCc2ccncc2)n1. The number of likely N-dealkylation sites (N-methyl/N-ethyl adjacent to an activating group) is 1. The number of piperidine rings is 1. The van der Waals surface area contributed by atoms with Crippen LogP contribution >= 0.6 is 0 Å². The van der Waals surface area contributed by atoms with Gasteiger partial charge in [-0.2, -0.15) is 4.98 Å². The molecule has 0 spiro atoms. The molecule has 2 aromatic rings. The minimum absolute atomic E-state index is 0.609. The van der Waals surface area contributed by atoms with Crippen molar-refractivity contribution in [2.45, 2.75) is 52.0 Å². The number of nitrogens with zero attached hydrogens (tertiary/aromatic N) is 5. The van der Waals surface area contributed by atoms with Gasteiger partial charge in [0.25, 0.3) is 0 Å². The number of anilines is 2. The molecule has 0 aromatic carbocycles. The van der Waals surface area contributed by atoms with Crippen LogP contribution in [-0.4, -0.2) is 41.1 Å². The summed E-state index contributed by atoms with van der Waals surface area (Å²) in [6.07, 6.45) is 9.69. The molecular weight excluding hydrogens is 310 g/mol. The van der Waals surface area contributed by atoms with Crippen molar-refractivity contribution < 1.29 is 0 Å². The van der Waals surface area contributed by atoms with Crippen molar-refractivity contribution in [1.82, 2.24) is 15.0 Å². The van der Waals surface area contributed by atoms with Crippen molar-refractivity contribution in [3.05, 3.63) is 41.9 Å². The van der Waals surface area contributed by atoms with Crippen LogP contribution in [0.3, 0.4) is 0 Å². The average molecular weight is 339 g/mol. The molecule has 3 heterocycles. The van der Waals surface area contributed by atoms with Crippen molar-refractivity contribution >= 4 is 11.8 Å². The summed E-state index contributed by atoms with van der Waals surface area (Å²) >= 11 is 0. The zero-order valence-corrected chi connectivity index (χ0v) is 15.6. The van der Waals surface area contributed by atoms with E-state index < -0.39 is 0 Å². The van der Waals surface area contributed by atoms with Gasteiger partial charge in [-0.05, 0) is 56.7 Å². The van der Waals surface area contributed by atoms with Crippen LogP contribution < -0.4 is 9.80 Å². The second kappa shape index (κ2) is 8.28. The third-order valence-electron chi connectivity index (χ3n) is 5.05. The second-order valence-corrected chi connectivity index (χ2v) is 6.95. The van der Waals surface area contributed by atoms with E-state index in [9.17, 15) is 0 Å². The third kappa shape index (κ3) is 4.47. The molecule has 0 amide bonds. The van der Waals surface area contributed by atoms with E-state index in [0.29, 0.717) is 6.04 Å². The summed E-state index contributed by atoms with van der Waals surface area (Å²) in [4.78, 5) is 18.3. The monoisotopic (exact) mass is 339 g/mol. The van der Waals surface area contributed by atoms with E-state index in [0.717, 1.165) is 37.0 Å². The van der Waals surface area contributed by atoms with Gasteiger partial charge in [0, 0.05) is 50.3 Å². The lowest BCUT2D eigenvalue weighted by Crippen LogP contribution is -2.40. The minimum atomic E-state index is 0.609. The second-order valence-electron chi connectivity index (χ2n) is 6.95. The molecule has 1 aliphatic heterocycles. The Bertz CT molecular complexity index is 673. The molecule has 0 N–H and O–H groups in total. The lowest BCUT2D eigenvalue weighted by molar-refractivity contribution is 0.446. The van der Waals surface area contributed by atoms with Gasteiger partial charge in [0.1, 0.15) is 5.82 Å². The maximum atomic E-state index is 4.90. The molecule has 134 valence electrons. The number of hydrogen-bond donors (Lipinski definition) is 0. The number of pyridine rings is 1. The summed E-state index contributed by atoms with van der Waals surface area (Å²) in [6.45, 7) is 6.34. The van der Waals surface area contributed by atoms with Gasteiger partial charge in [0.2, 0.25) is 5.95 Å². The highest BCUT2D eigenvalue weighted by molar-refractivity contribution is 5.47. The summed E-state index contributed by atoms with van der Waals surface area (Å²) in [5.74, 6) is 1.91. The number of aryl methyl sites for hydroxylation is 1. The standard InChI is InChI=1S/C20H29N5/c1-4-18-7-5-6-13-25(18)19-15-16(2)22-20(23-19)24(3)14-10-17-8-11-21-12-9-17/h8-9,11-12,15,18H,4-7,10,13-14H2,1-3H3. The lowest BCUT2D eigenvalue weighted by Gasteiger charge is -2.36. The maximum absolute atomic E-state index is 4.90. The summed E-state index contributed by atoms with van der Waals surface area (Å²) in [5, 5.41) is 0. The van der Waals surface area contributed by atoms with Gasteiger partial charge in [0.15, 0.2) is 0 Å². The highest BCUT2D eigenvalue weighted by Crippen LogP contribution is 2.26. The Morgan fingerprint density at radius 3 is 2.76 bits per heavy atom. The van der Waals surface area contributed by atoms with Gasteiger partial charge in [-0.25, -0.2) is 4.98 Å².